The van der Waals surface area contributed by atoms with Gasteiger partial charge < -0.3 is 10.2 Å². The molecule has 0 heterocycles. The van der Waals surface area contributed by atoms with Crippen molar-refractivity contribution in [1.82, 2.24) is 0 Å². The Labute approximate surface area is 164 Å². The molecule has 138 valence electrons. The van der Waals surface area contributed by atoms with E-state index < -0.39 is 12.2 Å². The van der Waals surface area contributed by atoms with Gasteiger partial charge in [-0.15, -0.1) is 13.2 Å². The number of rotatable bonds is 5. The monoisotopic (exact) mass is 366 g/mol. The zero-order chi connectivity index (χ0) is 19.7. The van der Waals surface area contributed by atoms with E-state index in [9.17, 15) is 10.2 Å². The number of fused-ring (bicyclic) bond motifs is 2. The summed E-state index contributed by atoms with van der Waals surface area (Å²) >= 11 is 0. The molecule has 0 saturated heterocycles. The summed E-state index contributed by atoms with van der Waals surface area (Å²) in [5.74, 6) is 0. The number of aliphatic hydroxyl groups is 2. The molecule has 4 aromatic carbocycles. The number of aliphatic hydroxyl groups excluding tert-OH is 2. The third-order valence-electron chi connectivity index (χ3n) is 5.26. The molecule has 2 atom stereocenters. The maximum absolute atomic E-state index is 10.7. The van der Waals surface area contributed by atoms with Crippen molar-refractivity contribution in [2.24, 2.45) is 0 Å². The highest BCUT2D eigenvalue weighted by atomic mass is 16.3. The van der Waals surface area contributed by atoms with Crippen molar-refractivity contribution in [3.05, 3.63) is 109 Å². The minimum atomic E-state index is -0.813. The van der Waals surface area contributed by atoms with E-state index >= 15 is 0 Å². The van der Waals surface area contributed by atoms with Gasteiger partial charge in [-0.25, -0.2) is 0 Å². The Morgan fingerprint density at radius 2 is 0.964 bits per heavy atom. The van der Waals surface area contributed by atoms with Crippen LogP contribution in [0.3, 0.4) is 0 Å². The minimum Gasteiger partial charge on any atom is -0.384 e. The zero-order valence-electron chi connectivity index (χ0n) is 15.5. The summed E-state index contributed by atoms with van der Waals surface area (Å²) in [5, 5.41) is 25.6. The molecule has 4 aromatic rings. The van der Waals surface area contributed by atoms with Crippen LogP contribution in [0.2, 0.25) is 0 Å². The van der Waals surface area contributed by atoms with Crippen LogP contribution < -0.4 is 0 Å². The van der Waals surface area contributed by atoms with E-state index in [0.717, 1.165) is 43.8 Å². The molecule has 0 aromatic heterocycles. The first-order valence-electron chi connectivity index (χ1n) is 9.30. The Balaban J connectivity index is 2.23. The van der Waals surface area contributed by atoms with E-state index in [1.165, 1.54) is 12.2 Å². The largest absolute Gasteiger partial charge is 0.384 e. The summed E-state index contributed by atoms with van der Waals surface area (Å²) in [6.07, 6.45) is 1.43. The number of hydrogen-bond donors (Lipinski definition) is 2. The molecule has 2 nitrogen and oxygen atoms in total. The van der Waals surface area contributed by atoms with E-state index in [2.05, 4.69) is 37.4 Å². The van der Waals surface area contributed by atoms with Gasteiger partial charge in [0.05, 0.1) is 12.2 Å². The topological polar surface area (TPSA) is 40.5 Å². The molecular formula is C26H22O2. The van der Waals surface area contributed by atoms with Crippen LogP contribution in [0.5, 0.6) is 0 Å². The second-order valence-corrected chi connectivity index (χ2v) is 6.86. The first-order chi connectivity index (χ1) is 13.7. The molecule has 0 bridgehead atoms. The lowest BCUT2D eigenvalue weighted by Crippen LogP contribution is -2.03. The maximum Gasteiger partial charge on any atom is 0.0975 e. The van der Waals surface area contributed by atoms with Gasteiger partial charge in [-0.2, -0.15) is 0 Å². The van der Waals surface area contributed by atoms with Crippen molar-refractivity contribution < 1.29 is 10.2 Å². The molecule has 0 spiro atoms. The van der Waals surface area contributed by atoms with Crippen LogP contribution in [-0.2, 0) is 0 Å². The van der Waals surface area contributed by atoms with Gasteiger partial charge >= 0.3 is 0 Å². The molecule has 0 aliphatic carbocycles. The fourth-order valence-electron chi connectivity index (χ4n) is 3.88. The van der Waals surface area contributed by atoms with E-state index in [1.54, 1.807) is 0 Å². The summed E-state index contributed by atoms with van der Waals surface area (Å²) < 4.78 is 0. The van der Waals surface area contributed by atoms with Gasteiger partial charge in [0.25, 0.3) is 0 Å². The summed E-state index contributed by atoms with van der Waals surface area (Å²) in [7, 11) is 0. The SMILES string of the molecule is C=C[C@@H](O)c1ccc2ccccc2c1-c1c([C@H](O)C=C)ccc2ccccc12. The minimum absolute atomic E-state index is 0.766. The molecule has 4 rings (SSSR count). The van der Waals surface area contributed by atoms with Gasteiger partial charge in [-0.05, 0) is 43.8 Å². The first kappa shape index (κ1) is 18.2. The Morgan fingerprint density at radius 3 is 1.36 bits per heavy atom. The van der Waals surface area contributed by atoms with E-state index in [4.69, 9.17) is 0 Å². The molecule has 28 heavy (non-hydrogen) atoms. The van der Waals surface area contributed by atoms with Crippen molar-refractivity contribution in [3.8, 4) is 11.1 Å². The molecule has 0 unspecified atom stereocenters. The lowest BCUT2D eigenvalue weighted by Gasteiger charge is -2.22. The average molecular weight is 366 g/mol. The smallest absolute Gasteiger partial charge is 0.0975 e. The highest BCUT2D eigenvalue weighted by Gasteiger charge is 2.21. The summed E-state index contributed by atoms with van der Waals surface area (Å²) in [6, 6.07) is 24.1. The third kappa shape index (κ3) is 2.93. The average Bonchev–Trinajstić information content (AvgIpc) is 2.76. The van der Waals surface area contributed by atoms with Crippen LogP contribution in [0.1, 0.15) is 23.3 Å². The maximum atomic E-state index is 10.7. The van der Waals surface area contributed by atoms with E-state index in [-0.39, 0.29) is 0 Å². The second-order valence-electron chi connectivity index (χ2n) is 6.86. The molecule has 0 aliphatic rings. The van der Waals surface area contributed by atoms with Crippen molar-refractivity contribution in [3.63, 3.8) is 0 Å². The van der Waals surface area contributed by atoms with Crippen molar-refractivity contribution in [2.45, 2.75) is 12.2 Å². The zero-order valence-corrected chi connectivity index (χ0v) is 15.5. The predicted octanol–water partition coefficient (Wildman–Crippen LogP) is 6.10. The van der Waals surface area contributed by atoms with Gasteiger partial charge in [-0.3, -0.25) is 0 Å². The van der Waals surface area contributed by atoms with Crippen LogP contribution in [0.4, 0.5) is 0 Å². The normalized spacial score (nSPS) is 13.4. The van der Waals surface area contributed by atoms with Crippen molar-refractivity contribution >= 4 is 21.5 Å². The number of benzene rings is 4. The fraction of sp³-hybridized carbons (Fsp3) is 0.0769. The Morgan fingerprint density at radius 1 is 0.571 bits per heavy atom. The van der Waals surface area contributed by atoms with Crippen LogP contribution in [0.25, 0.3) is 32.7 Å². The van der Waals surface area contributed by atoms with Gasteiger partial charge in [0.15, 0.2) is 0 Å². The first-order valence-corrected chi connectivity index (χ1v) is 9.30. The van der Waals surface area contributed by atoms with Crippen LogP contribution >= 0.6 is 0 Å². The van der Waals surface area contributed by atoms with Crippen molar-refractivity contribution in [1.29, 1.82) is 0 Å². The third-order valence-corrected chi connectivity index (χ3v) is 5.26. The summed E-state index contributed by atoms with van der Waals surface area (Å²) in [4.78, 5) is 0. The molecule has 2 N–H and O–H groups in total. The fourth-order valence-corrected chi connectivity index (χ4v) is 3.88. The molecular weight excluding hydrogens is 344 g/mol. The Kier molecular flexibility index (Phi) is 4.82. The van der Waals surface area contributed by atoms with Gasteiger partial charge in [0.1, 0.15) is 0 Å². The quantitative estimate of drug-likeness (QED) is 0.419. The molecule has 0 aliphatic heterocycles. The molecule has 0 fully saturated rings. The van der Waals surface area contributed by atoms with Crippen LogP contribution in [0, 0.1) is 0 Å². The second kappa shape index (κ2) is 7.43. The van der Waals surface area contributed by atoms with Crippen LogP contribution in [-0.4, -0.2) is 10.2 Å². The standard InChI is InChI=1S/C26H22O2/c1-3-23(27)21-15-13-17-9-5-7-11-19(17)25(21)26-20-12-8-6-10-18(20)14-16-22(26)24(28)4-2/h3-16,23-24,27-28H,1-2H2/t23-,24-/m1/s1. The van der Waals surface area contributed by atoms with Crippen molar-refractivity contribution in [2.75, 3.05) is 0 Å². The van der Waals surface area contributed by atoms with Gasteiger partial charge in [-0.1, -0.05) is 84.9 Å². The number of hydrogen-bond acceptors (Lipinski definition) is 2. The summed E-state index contributed by atoms with van der Waals surface area (Å²) in [5.41, 5.74) is 3.36. The lowest BCUT2D eigenvalue weighted by atomic mass is 9.84. The molecule has 0 amide bonds. The highest BCUT2D eigenvalue weighted by Crippen LogP contribution is 2.43. The summed E-state index contributed by atoms with van der Waals surface area (Å²) in [6.45, 7) is 7.54. The van der Waals surface area contributed by atoms with Gasteiger partial charge in [0, 0.05) is 0 Å². The Hall–Kier alpha value is -3.20. The molecule has 0 saturated carbocycles. The van der Waals surface area contributed by atoms with E-state index in [1.807, 2.05) is 48.5 Å². The van der Waals surface area contributed by atoms with Gasteiger partial charge in [0.2, 0.25) is 0 Å². The highest BCUT2D eigenvalue weighted by molar-refractivity contribution is 6.08. The van der Waals surface area contributed by atoms with E-state index in [0.29, 0.717) is 0 Å². The lowest BCUT2D eigenvalue weighted by molar-refractivity contribution is 0.227. The molecule has 0 radical (unpaired) electrons. The Bertz CT molecular complexity index is 1090. The van der Waals surface area contributed by atoms with Crippen LogP contribution in [0.15, 0.2) is 98.1 Å². The predicted molar refractivity (Wildman–Crippen MR) is 117 cm³/mol. The molecule has 2 heteroatoms.